The molecule has 1 aliphatic rings. The quantitative estimate of drug-likeness (QED) is 0.235. The molecule has 0 unspecified atom stereocenters. The molecule has 0 saturated carbocycles. The van der Waals surface area contributed by atoms with Crippen LogP contribution in [0.25, 0.3) is 0 Å². The van der Waals surface area contributed by atoms with Crippen molar-refractivity contribution in [3.8, 4) is 0 Å². The van der Waals surface area contributed by atoms with Crippen LogP contribution in [0.3, 0.4) is 0 Å². The monoisotopic (exact) mass is 625 g/mol. The number of benzene rings is 2. The fourth-order valence-electron chi connectivity index (χ4n) is 4.48. The van der Waals surface area contributed by atoms with Gasteiger partial charge in [-0.25, -0.2) is 0 Å². The minimum atomic E-state index is -1.13. The second-order valence-corrected chi connectivity index (χ2v) is 14.9. The van der Waals surface area contributed by atoms with Gasteiger partial charge in [-0.2, -0.15) is 0 Å². The molecule has 248 valence electrons. The highest BCUT2D eigenvalue weighted by Gasteiger charge is 2.53. The van der Waals surface area contributed by atoms with Crippen LogP contribution in [0.2, 0.25) is 0 Å². The Bertz CT molecular complexity index is 1290. The van der Waals surface area contributed by atoms with Gasteiger partial charge in [-0.15, -0.1) is 0 Å². The Morgan fingerprint density at radius 2 is 1.20 bits per heavy atom. The highest BCUT2D eigenvalue weighted by molar-refractivity contribution is 5.77. The molecule has 0 aliphatic carbocycles. The first-order valence-electron chi connectivity index (χ1n) is 15.5. The molecule has 3 rings (SSSR count). The molecule has 0 radical (unpaired) electrons. The maximum Gasteiger partial charge on any atom is 0.311 e. The van der Waals surface area contributed by atoms with Crippen LogP contribution in [-0.2, 0) is 44.7 Å². The highest BCUT2D eigenvalue weighted by Crippen LogP contribution is 2.40. The SMILES string of the molecule is CN(C)c1ccc([C@@H]2O[C@H](COC(=O)C(C)(C)C)[C@@H](OC(=O)C(C)(C)C)[C@H](OC(=O)C(C)(C)C)[C@H]2OCc2ccccc2)cc1. The number of ether oxygens (including phenoxy) is 5. The summed E-state index contributed by atoms with van der Waals surface area (Å²) in [5.41, 5.74) is 0.155. The van der Waals surface area contributed by atoms with E-state index in [0.29, 0.717) is 0 Å². The molecule has 0 amide bonds. The lowest BCUT2D eigenvalue weighted by molar-refractivity contribution is -0.265. The van der Waals surface area contributed by atoms with Gasteiger partial charge < -0.3 is 28.6 Å². The van der Waals surface area contributed by atoms with Gasteiger partial charge >= 0.3 is 17.9 Å². The van der Waals surface area contributed by atoms with E-state index >= 15 is 0 Å². The van der Waals surface area contributed by atoms with E-state index in [0.717, 1.165) is 16.8 Å². The van der Waals surface area contributed by atoms with Gasteiger partial charge in [-0.3, -0.25) is 14.4 Å². The van der Waals surface area contributed by atoms with Crippen molar-refractivity contribution in [2.75, 3.05) is 25.6 Å². The predicted octanol–water partition coefficient (Wildman–Crippen LogP) is 6.28. The van der Waals surface area contributed by atoms with E-state index in [2.05, 4.69) is 0 Å². The average Bonchev–Trinajstić information content (AvgIpc) is 2.95. The number of carbonyl (C=O) groups excluding carboxylic acids is 3. The normalized spacial score (nSPS) is 22.3. The smallest absolute Gasteiger partial charge is 0.311 e. The van der Waals surface area contributed by atoms with Crippen LogP contribution in [0.15, 0.2) is 54.6 Å². The molecule has 9 heteroatoms. The van der Waals surface area contributed by atoms with Crippen molar-refractivity contribution in [2.45, 2.75) is 99.4 Å². The first-order valence-corrected chi connectivity index (χ1v) is 15.5. The lowest BCUT2D eigenvalue weighted by Gasteiger charge is -2.46. The van der Waals surface area contributed by atoms with E-state index in [1.54, 1.807) is 62.3 Å². The Morgan fingerprint density at radius 1 is 0.689 bits per heavy atom. The van der Waals surface area contributed by atoms with E-state index in [1.165, 1.54) is 0 Å². The summed E-state index contributed by atoms with van der Waals surface area (Å²) in [5.74, 6) is -1.45. The number of esters is 3. The van der Waals surface area contributed by atoms with Crippen molar-refractivity contribution in [3.05, 3.63) is 65.7 Å². The molecule has 0 bridgehead atoms. The summed E-state index contributed by atoms with van der Waals surface area (Å²) in [6.45, 7) is 15.7. The molecular formula is C36H51NO8. The fraction of sp³-hybridized carbons (Fsp3) is 0.583. The maximum absolute atomic E-state index is 13.5. The average molecular weight is 626 g/mol. The van der Waals surface area contributed by atoms with E-state index < -0.39 is 64.7 Å². The van der Waals surface area contributed by atoms with Crippen molar-refractivity contribution in [1.29, 1.82) is 0 Å². The molecule has 1 saturated heterocycles. The molecule has 2 aromatic rings. The van der Waals surface area contributed by atoms with E-state index in [4.69, 9.17) is 23.7 Å². The first kappa shape index (κ1) is 36.0. The second kappa shape index (κ2) is 14.3. The lowest BCUT2D eigenvalue weighted by Crippen LogP contribution is -2.60. The van der Waals surface area contributed by atoms with E-state index in [-0.39, 0.29) is 13.2 Å². The number of nitrogens with zero attached hydrogens (tertiary/aromatic N) is 1. The summed E-state index contributed by atoms with van der Waals surface area (Å²) >= 11 is 0. The third-order valence-electron chi connectivity index (χ3n) is 7.36. The van der Waals surface area contributed by atoms with Crippen molar-refractivity contribution in [1.82, 2.24) is 0 Å². The molecular weight excluding hydrogens is 574 g/mol. The highest BCUT2D eigenvalue weighted by atomic mass is 16.6. The van der Waals surface area contributed by atoms with Crippen LogP contribution in [0.5, 0.6) is 0 Å². The van der Waals surface area contributed by atoms with Gasteiger partial charge in [0.15, 0.2) is 12.2 Å². The molecule has 0 N–H and O–H groups in total. The Morgan fingerprint density at radius 3 is 1.69 bits per heavy atom. The largest absolute Gasteiger partial charge is 0.462 e. The van der Waals surface area contributed by atoms with Crippen LogP contribution in [-0.4, -0.2) is 63.0 Å². The Balaban J connectivity index is 2.15. The first-order chi connectivity index (χ1) is 20.8. The van der Waals surface area contributed by atoms with Crippen LogP contribution in [0.4, 0.5) is 5.69 Å². The number of carbonyl (C=O) groups is 3. The Labute approximate surface area is 268 Å². The third kappa shape index (κ3) is 9.78. The number of anilines is 1. The van der Waals surface area contributed by atoms with Crippen molar-refractivity contribution >= 4 is 23.6 Å². The van der Waals surface area contributed by atoms with Crippen LogP contribution in [0.1, 0.15) is 79.5 Å². The van der Waals surface area contributed by atoms with Gasteiger partial charge in [0.25, 0.3) is 0 Å². The molecule has 5 atom stereocenters. The second-order valence-electron chi connectivity index (χ2n) is 14.9. The van der Waals surface area contributed by atoms with Crippen LogP contribution < -0.4 is 4.90 Å². The van der Waals surface area contributed by atoms with Crippen LogP contribution >= 0.6 is 0 Å². The predicted molar refractivity (Wildman–Crippen MR) is 172 cm³/mol. The van der Waals surface area contributed by atoms with Gasteiger partial charge in [-0.05, 0) is 85.6 Å². The summed E-state index contributed by atoms with van der Waals surface area (Å²) in [7, 11) is 3.90. The number of hydrogen-bond donors (Lipinski definition) is 0. The molecule has 9 nitrogen and oxygen atoms in total. The summed E-state index contributed by atoms with van der Waals surface area (Å²) in [5, 5.41) is 0. The lowest BCUT2D eigenvalue weighted by atomic mass is 9.89. The zero-order chi connectivity index (χ0) is 33.7. The Kier molecular flexibility index (Phi) is 11.5. The van der Waals surface area contributed by atoms with Crippen LogP contribution in [0, 0.1) is 16.2 Å². The van der Waals surface area contributed by atoms with Gasteiger partial charge in [0.05, 0.1) is 22.9 Å². The van der Waals surface area contributed by atoms with Crippen molar-refractivity contribution < 1.29 is 38.1 Å². The van der Waals surface area contributed by atoms with Gasteiger partial charge in [-0.1, -0.05) is 42.5 Å². The summed E-state index contributed by atoms with van der Waals surface area (Å²) < 4.78 is 31.3. The minimum Gasteiger partial charge on any atom is -0.462 e. The molecule has 0 aromatic heterocycles. The third-order valence-corrected chi connectivity index (χ3v) is 7.36. The standard InChI is InChI=1S/C36H51NO8/c1-34(2,3)31(38)42-22-26-28(44-32(39)35(4,5)6)30(45-33(40)36(7,8)9)29(41-21-23-15-13-12-14-16-23)27(43-26)24-17-19-25(20-18-24)37(10)11/h12-20,26-30H,21-22H2,1-11H3/t26-,27+,28-,29+,30+/m1/s1. The number of hydrogen-bond acceptors (Lipinski definition) is 9. The topological polar surface area (TPSA) is 101 Å². The molecule has 45 heavy (non-hydrogen) atoms. The molecule has 1 aliphatic heterocycles. The van der Waals surface area contributed by atoms with Gasteiger partial charge in [0, 0.05) is 19.8 Å². The molecule has 1 fully saturated rings. The van der Waals surface area contributed by atoms with Gasteiger partial charge in [0.2, 0.25) is 0 Å². The molecule has 2 aromatic carbocycles. The Hall–Kier alpha value is -3.43. The zero-order valence-electron chi connectivity index (χ0n) is 28.7. The van der Waals surface area contributed by atoms with Crippen molar-refractivity contribution in [2.24, 2.45) is 16.2 Å². The maximum atomic E-state index is 13.5. The fourth-order valence-corrected chi connectivity index (χ4v) is 4.48. The summed E-state index contributed by atoms with van der Waals surface area (Å²) in [6, 6.07) is 17.4. The number of rotatable bonds is 9. The summed E-state index contributed by atoms with van der Waals surface area (Å²) in [4.78, 5) is 41.7. The zero-order valence-corrected chi connectivity index (χ0v) is 28.7. The minimum absolute atomic E-state index is 0.189. The molecule has 1 heterocycles. The summed E-state index contributed by atoms with van der Waals surface area (Å²) in [6.07, 6.45) is -4.82. The van der Waals surface area contributed by atoms with E-state index in [9.17, 15) is 14.4 Å². The van der Waals surface area contributed by atoms with E-state index in [1.807, 2.05) is 73.6 Å². The van der Waals surface area contributed by atoms with Crippen molar-refractivity contribution in [3.63, 3.8) is 0 Å². The molecule has 0 spiro atoms. The van der Waals surface area contributed by atoms with Gasteiger partial charge in [0.1, 0.15) is 24.9 Å².